The highest BCUT2D eigenvalue weighted by Gasteiger charge is 2.49. The predicted octanol–water partition coefficient (Wildman–Crippen LogP) is 1.43. The number of carboxylic acid groups (broad SMARTS) is 2. The highest BCUT2D eigenvalue weighted by molar-refractivity contribution is 8.01. The van der Waals surface area contributed by atoms with Crippen LogP contribution in [0.2, 0.25) is 0 Å². The minimum absolute atomic E-state index is 0.413. The third kappa shape index (κ3) is 1.71. The summed E-state index contributed by atoms with van der Waals surface area (Å²) in [5.41, 5.74) is 0. The third-order valence-corrected chi connectivity index (χ3v) is 3.40. The van der Waals surface area contributed by atoms with Crippen LogP contribution in [-0.4, -0.2) is 27.1 Å². The van der Waals surface area contributed by atoms with Gasteiger partial charge in [0.25, 0.3) is 4.93 Å². The summed E-state index contributed by atoms with van der Waals surface area (Å²) < 4.78 is 5.25. The number of fused-ring (bicyclic) bond motifs is 1. The molecule has 0 amide bonds. The zero-order valence-corrected chi connectivity index (χ0v) is 8.86. The fraction of sp³-hybridized carbons (Fsp3) is 0.200. The summed E-state index contributed by atoms with van der Waals surface area (Å²) in [6.45, 7) is 0. The molecule has 0 fully saturated rings. The van der Waals surface area contributed by atoms with E-state index >= 15 is 0 Å². The topological polar surface area (TPSA) is 83.8 Å². The summed E-state index contributed by atoms with van der Waals surface area (Å²) in [4.78, 5) is 20.7. The van der Waals surface area contributed by atoms with Gasteiger partial charge in [0.2, 0.25) is 0 Å². The number of carboxylic acids is 2. The Bertz CT molecular complexity index is 431. The van der Waals surface area contributed by atoms with Crippen molar-refractivity contribution in [3.05, 3.63) is 24.3 Å². The van der Waals surface area contributed by atoms with Gasteiger partial charge in [-0.05, 0) is 12.1 Å². The molecule has 0 aromatic heterocycles. The van der Waals surface area contributed by atoms with Crippen LogP contribution >= 0.6 is 11.8 Å². The molecule has 84 valence electrons. The minimum Gasteiger partial charge on any atom is -0.481 e. The van der Waals surface area contributed by atoms with Crippen LogP contribution in [0.1, 0.15) is 6.42 Å². The van der Waals surface area contributed by atoms with Gasteiger partial charge in [0, 0.05) is 0 Å². The monoisotopic (exact) mass is 240 g/mol. The van der Waals surface area contributed by atoms with Gasteiger partial charge >= 0.3 is 11.9 Å². The first-order chi connectivity index (χ1) is 7.53. The predicted molar refractivity (Wildman–Crippen MR) is 55.5 cm³/mol. The van der Waals surface area contributed by atoms with Gasteiger partial charge in [-0.2, -0.15) is 0 Å². The van der Waals surface area contributed by atoms with E-state index in [-0.39, 0.29) is 0 Å². The van der Waals surface area contributed by atoms with E-state index < -0.39 is 23.3 Å². The van der Waals surface area contributed by atoms with Crippen molar-refractivity contribution in [1.82, 2.24) is 0 Å². The van der Waals surface area contributed by atoms with Crippen LogP contribution < -0.4 is 4.74 Å². The van der Waals surface area contributed by atoms with E-state index in [4.69, 9.17) is 14.9 Å². The van der Waals surface area contributed by atoms with E-state index in [1.54, 1.807) is 24.3 Å². The lowest BCUT2D eigenvalue weighted by Gasteiger charge is -2.20. The molecule has 0 radical (unpaired) electrons. The molecule has 1 aliphatic rings. The highest BCUT2D eigenvalue weighted by Crippen LogP contribution is 2.49. The number of ether oxygens (including phenoxy) is 1. The summed E-state index contributed by atoms with van der Waals surface area (Å²) in [6.07, 6.45) is -0.582. The maximum Gasteiger partial charge on any atom is 0.359 e. The minimum atomic E-state index is -1.74. The van der Waals surface area contributed by atoms with Crippen molar-refractivity contribution in [1.29, 1.82) is 0 Å². The lowest BCUT2D eigenvalue weighted by Crippen LogP contribution is -2.40. The molecule has 0 saturated heterocycles. The average Bonchev–Trinajstić information content (AvgIpc) is 2.55. The standard InChI is InChI=1S/C10H8O5S/c11-8(12)5-10(9(13)14)15-6-3-1-2-4-7(6)16-10/h1-4H,5H2,(H,11,12)(H,13,14). The Kier molecular flexibility index (Phi) is 2.51. The maximum absolute atomic E-state index is 11.1. The fourth-order valence-electron chi connectivity index (χ4n) is 1.43. The number of aliphatic carboxylic acids is 2. The van der Waals surface area contributed by atoms with Crippen molar-refractivity contribution in [2.24, 2.45) is 0 Å². The van der Waals surface area contributed by atoms with E-state index in [1.807, 2.05) is 0 Å². The second-order valence-electron chi connectivity index (χ2n) is 3.28. The van der Waals surface area contributed by atoms with Gasteiger partial charge in [-0.1, -0.05) is 23.9 Å². The first kappa shape index (κ1) is 10.8. The number of carbonyl (C=O) groups is 2. The number of hydrogen-bond acceptors (Lipinski definition) is 4. The molecule has 16 heavy (non-hydrogen) atoms. The van der Waals surface area contributed by atoms with Crippen molar-refractivity contribution in [3.8, 4) is 5.75 Å². The van der Waals surface area contributed by atoms with Crippen molar-refractivity contribution in [3.63, 3.8) is 0 Å². The van der Waals surface area contributed by atoms with Gasteiger partial charge in [0.15, 0.2) is 0 Å². The van der Waals surface area contributed by atoms with E-state index in [0.717, 1.165) is 11.8 Å². The van der Waals surface area contributed by atoms with Gasteiger partial charge in [0.05, 0.1) is 4.90 Å². The summed E-state index contributed by atoms with van der Waals surface area (Å²) in [6, 6.07) is 6.77. The van der Waals surface area contributed by atoms with Crippen LogP contribution in [0.15, 0.2) is 29.2 Å². The van der Waals surface area contributed by atoms with E-state index in [2.05, 4.69) is 0 Å². The molecular formula is C10H8O5S. The second kappa shape index (κ2) is 3.71. The maximum atomic E-state index is 11.1. The Morgan fingerprint density at radius 3 is 2.56 bits per heavy atom. The highest BCUT2D eigenvalue weighted by atomic mass is 32.2. The summed E-state index contributed by atoms with van der Waals surface area (Å²) in [5.74, 6) is -2.07. The summed E-state index contributed by atoms with van der Waals surface area (Å²) in [5, 5.41) is 17.8. The van der Waals surface area contributed by atoms with Crippen LogP contribution in [-0.2, 0) is 9.59 Å². The number of rotatable bonds is 3. The van der Waals surface area contributed by atoms with Gasteiger partial charge in [0.1, 0.15) is 12.2 Å². The largest absolute Gasteiger partial charge is 0.481 e. The molecule has 1 aromatic rings. The zero-order chi connectivity index (χ0) is 11.8. The molecule has 1 atom stereocenters. The first-order valence-electron chi connectivity index (χ1n) is 4.46. The second-order valence-corrected chi connectivity index (χ2v) is 4.58. The molecule has 0 spiro atoms. The van der Waals surface area contributed by atoms with Gasteiger partial charge < -0.3 is 14.9 Å². The van der Waals surface area contributed by atoms with E-state index in [9.17, 15) is 9.59 Å². The van der Waals surface area contributed by atoms with Gasteiger partial charge in [-0.3, -0.25) is 4.79 Å². The Morgan fingerprint density at radius 2 is 2.00 bits per heavy atom. The molecule has 2 N–H and O–H groups in total. The van der Waals surface area contributed by atoms with Crippen molar-refractivity contribution >= 4 is 23.7 Å². The van der Waals surface area contributed by atoms with Gasteiger partial charge in [-0.15, -0.1) is 0 Å². The normalized spacial score (nSPS) is 22.2. The van der Waals surface area contributed by atoms with Crippen molar-refractivity contribution < 1.29 is 24.5 Å². The van der Waals surface area contributed by atoms with E-state index in [0.29, 0.717) is 10.6 Å². The zero-order valence-electron chi connectivity index (χ0n) is 8.04. The van der Waals surface area contributed by atoms with E-state index in [1.165, 1.54) is 0 Å². The van der Waals surface area contributed by atoms with Crippen LogP contribution in [0.5, 0.6) is 5.75 Å². The smallest absolute Gasteiger partial charge is 0.359 e. The summed E-state index contributed by atoms with van der Waals surface area (Å²) in [7, 11) is 0. The molecule has 5 nitrogen and oxygen atoms in total. The molecule has 1 aromatic carbocycles. The Hall–Kier alpha value is -1.69. The van der Waals surface area contributed by atoms with Crippen molar-refractivity contribution in [2.45, 2.75) is 16.2 Å². The molecule has 0 saturated carbocycles. The Morgan fingerprint density at radius 1 is 1.31 bits per heavy atom. The van der Waals surface area contributed by atoms with Gasteiger partial charge in [-0.25, -0.2) is 4.79 Å². The first-order valence-corrected chi connectivity index (χ1v) is 5.27. The lowest BCUT2D eigenvalue weighted by atomic mass is 10.2. The van der Waals surface area contributed by atoms with Crippen LogP contribution in [0.3, 0.4) is 0 Å². The average molecular weight is 240 g/mol. The summed E-state index contributed by atoms with van der Waals surface area (Å²) >= 11 is 0.917. The Labute approximate surface area is 95.0 Å². The molecule has 1 aliphatic heterocycles. The molecule has 0 bridgehead atoms. The van der Waals surface area contributed by atoms with Crippen LogP contribution in [0.25, 0.3) is 0 Å². The fourth-order valence-corrected chi connectivity index (χ4v) is 2.56. The number of hydrogen-bond donors (Lipinski definition) is 2. The van der Waals surface area contributed by atoms with Crippen LogP contribution in [0.4, 0.5) is 0 Å². The molecule has 6 heteroatoms. The molecule has 1 unspecified atom stereocenters. The number of benzene rings is 1. The molecular weight excluding hydrogens is 232 g/mol. The number of para-hydroxylation sites is 1. The van der Waals surface area contributed by atoms with Crippen molar-refractivity contribution in [2.75, 3.05) is 0 Å². The SMILES string of the molecule is O=C(O)CC1(C(=O)O)Oc2ccccc2S1. The third-order valence-electron chi connectivity index (χ3n) is 2.11. The molecule has 2 rings (SSSR count). The Balaban J connectivity index is 2.34. The molecule has 0 aliphatic carbocycles. The quantitative estimate of drug-likeness (QED) is 0.831. The molecule has 1 heterocycles. The van der Waals surface area contributed by atoms with Crippen LogP contribution in [0, 0.1) is 0 Å². The lowest BCUT2D eigenvalue weighted by molar-refractivity contribution is -0.153. The number of thioether (sulfide) groups is 1.